The van der Waals surface area contributed by atoms with Gasteiger partial charge in [0.1, 0.15) is 6.07 Å². The summed E-state index contributed by atoms with van der Waals surface area (Å²) in [4.78, 5) is 27.0. The highest BCUT2D eigenvalue weighted by Gasteiger charge is 2.24. The number of nitrogens with zero attached hydrogens (tertiary/aromatic N) is 6. The Morgan fingerprint density at radius 2 is 2.17 bits per heavy atom. The normalized spacial score (nSPS) is 16.1. The molecule has 0 aliphatic carbocycles. The van der Waals surface area contributed by atoms with E-state index in [1.165, 1.54) is 18.5 Å². The minimum Gasteiger partial charge on any atom is -0.350 e. The average molecular weight is 402 g/mol. The molecule has 1 fully saturated rings. The standard InChI is InChI=1S/C21H22N8O/c1-3-19(30)25-15-6-7-18-17(9-15)27-21(28(18)2)29-8-4-5-16(13-29)26-20-23-11-14(10-22)12-24-20/h3,6-7,9,11-12,16H,1,4-5,8,13H2,2H3,(H,25,30)(H,23,24,26)/t16-/m1/s1. The molecule has 3 aromatic rings. The van der Waals surface area contributed by atoms with Gasteiger partial charge in [-0.3, -0.25) is 4.79 Å². The van der Waals surface area contributed by atoms with Crippen LogP contribution in [0.2, 0.25) is 0 Å². The first-order chi connectivity index (χ1) is 14.6. The van der Waals surface area contributed by atoms with Crippen LogP contribution in [-0.2, 0) is 11.8 Å². The molecule has 3 heterocycles. The number of aromatic nitrogens is 4. The van der Waals surface area contributed by atoms with Crippen molar-refractivity contribution >= 4 is 34.5 Å². The zero-order chi connectivity index (χ0) is 21.1. The van der Waals surface area contributed by atoms with E-state index in [9.17, 15) is 4.79 Å². The van der Waals surface area contributed by atoms with Crippen LogP contribution in [0.3, 0.4) is 0 Å². The summed E-state index contributed by atoms with van der Waals surface area (Å²) in [5.41, 5.74) is 2.94. The van der Waals surface area contributed by atoms with Crippen molar-refractivity contribution in [1.82, 2.24) is 19.5 Å². The van der Waals surface area contributed by atoms with Crippen molar-refractivity contribution in [2.45, 2.75) is 18.9 Å². The number of hydrogen-bond donors (Lipinski definition) is 2. The largest absolute Gasteiger partial charge is 0.350 e. The van der Waals surface area contributed by atoms with E-state index in [1.807, 2.05) is 31.3 Å². The molecule has 1 aliphatic heterocycles. The van der Waals surface area contributed by atoms with Gasteiger partial charge in [-0.1, -0.05) is 6.58 Å². The average Bonchev–Trinajstić information content (AvgIpc) is 3.10. The molecule has 0 unspecified atom stereocenters. The van der Waals surface area contributed by atoms with Crippen molar-refractivity contribution in [1.29, 1.82) is 5.26 Å². The van der Waals surface area contributed by atoms with Crippen LogP contribution in [0.1, 0.15) is 18.4 Å². The number of carbonyl (C=O) groups excluding carboxylic acids is 1. The number of benzene rings is 1. The Bertz CT molecular complexity index is 1130. The molecule has 1 aliphatic rings. The third kappa shape index (κ3) is 3.93. The highest BCUT2D eigenvalue weighted by molar-refractivity contribution is 6.00. The van der Waals surface area contributed by atoms with Crippen LogP contribution in [0.25, 0.3) is 11.0 Å². The van der Waals surface area contributed by atoms with Gasteiger partial charge in [0, 0.05) is 31.9 Å². The molecule has 0 radical (unpaired) electrons. The number of fused-ring (bicyclic) bond motifs is 1. The van der Waals surface area contributed by atoms with Crippen molar-refractivity contribution in [3.8, 4) is 6.07 Å². The lowest BCUT2D eigenvalue weighted by Crippen LogP contribution is -2.43. The molecule has 4 rings (SSSR count). The molecule has 9 nitrogen and oxygen atoms in total. The minimum absolute atomic E-state index is 0.175. The zero-order valence-corrected chi connectivity index (χ0v) is 16.7. The van der Waals surface area contributed by atoms with Gasteiger partial charge in [0.25, 0.3) is 0 Å². The SMILES string of the molecule is C=CC(=O)Nc1ccc2c(c1)nc(N1CCC[C@@H](Nc3ncc(C#N)cn3)C1)n2C. The van der Waals surface area contributed by atoms with Crippen LogP contribution in [0.4, 0.5) is 17.6 Å². The van der Waals surface area contributed by atoms with Gasteiger partial charge in [0.2, 0.25) is 17.8 Å². The summed E-state index contributed by atoms with van der Waals surface area (Å²) in [7, 11) is 1.99. The number of anilines is 3. The minimum atomic E-state index is -0.250. The van der Waals surface area contributed by atoms with Gasteiger partial charge in [0.15, 0.2) is 0 Å². The van der Waals surface area contributed by atoms with Crippen molar-refractivity contribution in [3.63, 3.8) is 0 Å². The van der Waals surface area contributed by atoms with Crippen molar-refractivity contribution in [2.75, 3.05) is 28.6 Å². The molecule has 2 aromatic heterocycles. The number of rotatable bonds is 5. The number of imidazole rings is 1. The third-order valence-corrected chi connectivity index (χ3v) is 5.13. The Hall–Kier alpha value is -3.93. The highest BCUT2D eigenvalue weighted by Crippen LogP contribution is 2.26. The van der Waals surface area contributed by atoms with Gasteiger partial charge in [-0.25, -0.2) is 15.0 Å². The Kier molecular flexibility index (Phi) is 5.30. The Morgan fingerprint density at radius 1 is 1.37 bits per heavy atom. The first kappa shape index (κ1) is 19.4. The quantitative estimate of drug-likeness (QED) is 0.631. The maximum absolute atomic E-state index is 11.6. The topological polar surface area (TPSA) is 112 Å². The fraction of sp³-hybridized carbons (Fsp3) is 0.286. The van der Waals surface area contributed by atoms with Crippen molar-refractivity contribution < 1.29 is 4.79 Å². The van der Waals surface area contributed by atoms with E-state index < -0.39 is 0 Å². The summed E-state index contributed by atoms with van der Waals surface area (Å²) < 4.78 is 2.06. The van der Waals surface area contributed by atoms with E-state index in [0.29, 0.717) is 17.2 Å². The highest BCUT2D eigenvalue weighted by atomic mass is 16.1. The van der Waals surface area contributed by atoms with Crippen LogP contribution in [0.15, 0.2) is 43.2 Å². The number of hydrogen-bond acceptors (Lipinski definition) is 7. The molecule has 1 aromatic carbocycles. The van der Waals surface area contributed by atoms with Crippen LogP contribution in [0.5, 0.6) is 0 Å². The van der Waals surface area contributed by atoms with E-state index in [-0.39, 0.29) is 11.9 Å². The van der Waals surface area contributed by atoms with Crippen LogP contribution >= 0.6 is 0 Å². The first-order valence-electron chi connectivity index (χ1n) is 9.71. The predicted molar refractivity (Wildman–Crippen MR) is 115 cm³/mol. The molecule has 1 atom stereocenters. The molecular formula is C21H22N8O. The molecule has 2 N–H and O–H groups in total. The Morgan fingerprint density at radius 3 is 2.90 bits per heavy atom. The number of piperidine rings is 1. The van der Waals surface area contributed by atoms with E-state index in [2.05, 4.69) is 36.6 Å². The van der Waals surface area contributed by atoms with Crippen molar-refractivity contribution in [2.24, 2.45) is 7.05 Å². The number of nitriles is 1. The molecule has 30 heavy (non-hydrogen) atoms. The fourth-order valence-corrected chi connectivity index (χ4v) is 3.66. The van der Waals surface area contributed by atoms with Gasteiger partial charge in [-0.15, -0.1) is 0 Å². The van der Waals surface area contributed by atoms with E-state index >= 15 is 0 Å². The van der Waals surface area contributed by atoms with E-state index in [4.69, 9.17) is 10.2 Å². The number of carbonyl (C=O) groups is 1. The van der Waals surface area contributed by atoms with Gasteiger partial charge >= 0.3 is 0 Å². The smallest absolute Gasteiger partial charge is 0.247 e. The molecule has 0 spiro atoms. The molecule has 0 saturated carbocycles. The summed E-state index contributed by atoms with van der Waals surface area (Å²) in [6, 6.07) is 7.88. The lowest BCUT2D eigenvalue weighted by atomic mass is 10.1. The van der Waals surface area contributed by atoms with Gasteiger partial charge < -0.3 is 20.1 Å². The molecule has 1 amide bonds. The molecule has 1 saturated heterocycles. The van der Waals surface area contributed by atoms with Crippen LogP contribution < -0.4 is 15.5 Å². The lowest BCUT2D eigenvalue weighted by molar-refractivity contribution is -0.111. The van der Waals surface area contributed by atoms with E-state index in [0.717, 1.165) is 42.9 Å². The predicted octanol–water partition coefficient (Wildman–Crippen LogP) is 2.44. The fourth-order valence-electron chi connectivity index (χ4n) is 3.66. The Balaban J connectivity index is 1.52. The Labute approximate surface area is 174 Å². The molecule has 0 bridgehead atoms. The second kappa shape index (κ2) is 8.21. The second-order valence-electron chi connectivity index (χ2n) is 7.20. The van der Waals surface area contributed by atoms with Crippen LogP contribution in [-0.4, -0.2) is 44.6 Å². The molecular weight excluding hydrogens is 380 g/mol. The maximum Gasteiger partial charge on any atom is 0.247 e. The lowest BCUT2D eigenvalue weighted by Gasteiger charge is -2.33. The third-order valence-electron chi connectivity index (χ3n) is 5.13. The zero-order valence-electron chi connectivity index (χ0n) is 16.7. The number of aryl methyl sites for hydroxylation is 1. The monoisotopic (exact) mass is 402 g/mol. The number of nitrogens with one attached hydrogen (secondary N) is 2. The molecule has 152 valence electrons. The summed E-state index contributed by atoms with van der Waals surface area (Å²) in [5.74, 6) is 1.15. The second-order valence-corrected chi connectivity index (χ2v) is 7.20. The van der Waals surface area contributed by atoms with Crippen molar-refractivity contribution in [3.05, 3.63) is 48.8 Å². The number of amides is 1. The first-order valence-corrected chi connectivity index (χ1v) is 9.71. The summed E-state index contributed by atoms with van der Waals surface area (Å²) in [5, 5.41) is 15.0. The maximum atomic E-state index is 11.6. The summed E-state index contributed by atoms with van der Waals surface area (Å²) in [6.45, 7) is 5.15. The van der Waals surface area contributed by atoms with Gasteiger partial charge in [-0.05, 0) is 37.1 Å². The summed E-state index contributed by atoms with van der Waals surface area (Å²) in [6.07, 6.45) is 6.29. The molecule has 9 heteroatoms. The van der Waals surface area contributed by atoms with Gasteiger partial charge in [0.05, 0.1) is 29.0 Å². The summed E-state index contributed by atoms with van der Waals surface area (Å²) >= 11 is 0. The van der Waals surface area contributed by atoms with E-state index in [1.54, 1.807) is 0 Å². The van der Waals surface area contributed by atoms with Crippen LogP contribution in [0, 0.1) is 11.3 Å². The van der Waals surface area contributed by atoms with Gasteiger partial charge in [-0.2, -0.15) is 5.26 Å².